The van der Waals surface area contributed by atoms with Crippen LogP contribution in [0.5, 0.6) is 0 Å². The van der Waals surface area contributed by atoms with Crippen molar-refractivity contribution >= 4 is 31.9 Å². The van der Waals surface area contributed by atoms with Gasteiger partial charge in [0.05, 0.1) is 11.0 Å². The first-order chi connectivity index (χ1) is 5.65. The van der Waals surface area contributed by atoms with E-state index in [4.69, 9.17) is 0 Å². The summed E-state index contributed by atoms with van der Waals surface area (Å²) in [4.78, 5) is 11.2. The first kappa shape index (κ1) is 9.92. The van der Waals surface area contributed by atoms with E-state index in [0.717, 1.165) is 4.47 Å². The summed E-state index contributed by atoms with van der Waals surface area (Å²) in [6.45, 7) is -0.445. The molecule has 0 amide bonds. The fourth-order valence-electron chi connectivity index (χ4n) is 0.822. The Morgan fingerprint density at radius 1 is 1.50 bits per heavy atom. The van der Waals surface area contributed by atoms with Crippen LogP contribution < -0.4 is 5.56 Å². The molecule has 1 heterocycles. The van der Waals surface area contributed by atoms with Crippen LogP contribution in [0.4, 0.5) is 4.39 Å². The molecule has 0 aliphatic rings. The highest BCUT2D eigenvalue weighted by molar-refractivity contribution is 9.11. The lowest BCUT2D eigenvalue weighted by molar-refractivity contribution is 0.439. The predicted octanol–water partition coefficient (Wildman–Crippen LogP) is 2.34. The van der Waals surface area contributed by atoms with Crippen molar-refractivity contribution in [1.82, 2.24) is 4.57 Å². The molecule has 2 nitrogen and oxygen atoms in total. The zero-order valence-corrected chi connectivity index (χ0v) is 9.23. The number of hydrogen-bond acceptors (Lipinski definition) is 1. The first-order valence-corrected chi connectivity index (χ1v) is 4.85. The van der Waals surface area contributed by atoms with Crippen molar-refractivity contribution in [2.24, 2.45) is 0 Å². The van der Waals surface area contributed by atoms with Gasteiger partial charge in [0, 0.05) is 10.7 Å². The fraction of sp³-hybridized carbons (Fsp3) is 0.286. The van der Waals surface area contributed by atoms with Gasteiger partial charge in [-0.05, 0) is 37.9 Å². The van der Waals surface area contributed by atoms with E-state index in [1.165, 1.54) is 4.57 Å². The lowest BCUT2D eigenvalue weighted by Gasteiger charge is -2.03. The van der Waals surface area contributed by atoms with E-state index >= 15 is 0 Å². The Morgan fingerprint density at radius 3 is 2.75 bits per heavy atom. The molecule has 1 aromatic rings. The number of hydrogen-bond donors (Lipinski definition) is 0. The SMILES string of the molecule is O=c1c(Br)cc(Br)cn1CCF. The normalized spacial score (nSPS) is 10.2. The monoisotopic (exact) mass is 297 g/mol. The molecule has 0 saturated carbocycles. The summed E-state index contributed by atoms with van der Waals surface area (Å²) in [5.74, 6) is 0. The number of rotatable bonds is 2. The van der Waals surface area contributed by atoms with Crippen molar-refractivity contribution in [3.8, 4) is 0 Å². The van der Waals surface area contributed by atoms with Crippen molar-refractivity contribution in [3.05, 3.63) is 31.6 Å². The molecule has 0 aromatic carbocycles. The molecular formula is C7H6Br2FNO. The molecule has 0 spiro atoms. The maximum Gasteiger partial charge on any atom is 0.264 e. The Labute approximate surface area is 85.7 Å². The van der Waals surface area contributed by atoms with E-state index in [-0.39, 0.29) is 12.1 Å². The third kappa shape index (κ3) is 2.17. The van der Waals surface area contributed by atoms with Gasteiger partial charge in [-0.2, -0.15) is 0 Å². The van der Waals surface area contributed by atoms with Gasteiger partial charge in [0.15, 0.2) is 0 Å². The second kappa shape index (κ2) is 4.18. The minimum absolute atomic E-state index is 0.0941. The topological polar surface area (TPSA) is 22.0 Å². The number of aryl methyl sites for hydroxylation is 1. The molecule has 0 radical (unpaired) electrons. The highest BCUT2D eigenvalue weighted by atomic mass is 79.9. The van der Waals surface area contributed by atoms with Crippen LogP contribution in [0, 0.1) is 0 Å². The number of nitrogens with zero attached hydrogens (tertiary/aromatic N) is 1. The maximum atomic E-state index is 11.9. The first-order valence-electron chi connectivity index (χ1n) is 3.26. The van der Waals surface area contributed by atoms with Crippen molar-refractivity contribution in [1.29, 1.82) is 0 Å². The fourth-order valence-corrected chi connectivity index (χ4v) is 2.08. The summed E-state index contributed by atoms with van der Waals surface area (Å²) in [6.07, 6.45) is 1.56. The molecule has 66 valence electrons. The summed E-state index contributed by atoms with van der Waals surface area (Å²) >= 11 is 6.29. The van der Waals surface area contributed by atoms with Gasteiger partial charge in [-0.15, -0.1) is 0 Å². The van der Waals surface area contributed by atoms with Crippen LogP contribution in [0.2, 0.25) is 0 Å². The molecule has 0 saturated heterocycles. The zero-order chi connectivity index (χ0) is 9.14. The van der Waals surface area contributed by atoms with Gasteiger partial charge in [-0.3, -0.25) is 4.79 Å². The summed E-state index contributed by atoms with van der Waals surface area (Å²) < 4.78 is 14.4. The Kier molecular flexibility index (Phi) is 3.46. The largest absolute Gasteiger partial charge is 0.311 e. The summed E-state index contributed by atoms with van der Waals surface area (Å²) in [6, 6.07) is 1.64. The van der Waals surface area contributed by atoms with E-state index in [2.05, 4.69) is 31.9 Å². The second-order valence-corrected chi connectivity index (χ2v) is 3.96. The van der Waals surface area contributed by atoms with E-state index in [9.17, 15) is 9.18 Å². The Balaban J connectivity index is 3.19. The number of alkyl halides is 1. The maximum absolute atomic E-state index is 11.9. The van der Waals surface area contributed by atoms with E-state index in [0.29, 0.717) is 4.47 Å². The summed E-state index contributed by atoms with van der Waals surface area (Å²) in [5, 5.41) is 0. The van der Waals surface area contributed by atoms with E-state index < -0.39 is 6.67 Å². The molecule has 0 N–H and O–H groups in total. The van der Waals surface area contributed by atoms with Crippen LogP contribution >= 0.6 is 31.9 Å². The molecule has 0 bridgehead atoms. The standard InChI is InChI=1S/C7H6Br2FNO/c8-5-3-6(9)7(12)11(4-5)2-1-10/h3-4H,1-2H2. The summed E-state index contributed by atoms with van der Waals surface area (Å²) in [5.41, 5.74) is -0.212. The van der Waals surface area contributed by atoms with Crippen molar-refractivity contribution in [2.45, 2.75) is 6.54 Å². The van der Waals surface area contributed by atoms with Crippen LogP contribution in [-0.2, 0) is 6.54 Å². The van der Waals surface area contributed by atoms with Crippen molar-refractivity contribution < 1.29 is 4.39 Å². The lowest BCUT2D eigenvalue weighted by Crippen LogP contribution is -2.20. The lowest BCUT2D eigenvalue weighted by atomic mass is 10.5. The molecule has 5 heteroatoms. The van der Waals surface area contributed by atoms with Crippen molar-refractivity contribution in [3.63, 3.8) is 0 Å². The number of pyridine rings is 1. The second-order valence-electron chi connectivity index (χ2n) is 2.19. The average molecular weight is 299 g/mol. The summed E-state index contributed by atoms with van der Waals surface area (Å²) in [7, 11) is 0. The number of halogens is 3. The predicted molar refractivity (Wildman–Crippen MR) is 52.1 cm³/mol. The minimum Gasteiger partial charge on any atom is -0.311 e. The zero-order valence-electron chi connectivity index (χ0n) is 6.06. The smallest absolute Gasteiger partial charge is 0.264 e. The van der Waals surface area contributed by atoms with E-state index in [1.807, 2.05) is 0 Å². The number of aromatic nitrogens is 1. The molecular weight excluding hydrogens is 293 g/mol. The van der Waals surface area contributed by atoms with Gasteiger partial charge in [-0.25, -0.2) is 4.39 Å². The van der Waals surface area contributed by atoms with Crippen LogP contribution in [0.25, 0.3) is 0 Å². The molecule has 1 aromatic heterocycles. The Bertz CT molecular complexity index is 337. The quantitative estimate of drug-likeness (QED) is 0.821. The Morgan fingerprint density at radius 2 is 2.17 bits per heavy atom. The van der Waals surface area contributed by atoms with Gasteiger partial charge >= 0.3 is 0 Å². The van der Waals surface area contributed by atoms with Gasteiger partial charge in [0.1, 0.15) is 6.67 Å². The molecule has 0 aliphatic carbocycles. The third-order valence-electron chi connectivity index (χ3n) is 1.33. The third-order valence-corrected chi connectivity index (χ3v) is 2.34. The Hall–Kier alpha value is -0.160. The molecule has 1 rings (SSSR count). The average Bonchev–Trinajstić information content (AvgIpc) is 2.00. The van der Waals surface area contributed by atoms with Crippen LogP contribution in [0.3, 0.4) is 0 Å². The molecule has 0 atom stereocenters. The highest BCUT2D eigenvalue weighted by Gasteiger charge is 2.01. The van der Waals surface area contributed by atoms with Crippen LogP contribution in [-0.4, -0.2) is 11.2 Å². The molecule has 0 unspecified atom stereocenters. The molecule has 0 aliphatic heterocycles. The molecule has 0 fully saturated rings. The van der Waals surface area contributed by atoms with Gasteiger partial charge in [0.25, 0.3) is 5.56 Å². The van der Waals surface area contributed by atoms with Gasteiger partial charge < -0.3 is 4.57 Å². The van der Waals surface area contributed by atoms with Crippen LogP contribution in [0.15, 0.2) is 26.0 Å². The van der Waals surface area contributed by atoms with Crippen molar-refractivity contribution in [2.75, 3.05) is 6.67 Å². The highest BCUT2D eigenvalue weighted by Crippen LogP contribution is 2.12. The van der Waals surface area contributed by atoms with E-state index in [1.54, 1.807) is 12.3 Å². The molecule has 12 heavy (non-hydrogen) atoms. The van der Waals surface area contributed by atoms with Gasteiger partial charge in [0.2, 0.25) is 0 Å². The van der Waals surface area contributed by atoms with Crippen LogP contribution in [0.1, 0.15) is 0 Å². The minimum atomic E-state index is -0.539. The van der Waals surface area contributed by atoms with Gasteiger partial charge in [-0.1, -0.05) is 0 Å².